The summed E-state index contributed by atoms with van der Waals surface area (Å²) in [6.45, 7) is 5.84. The van der Waals surface area contributed by atoms with E-state index in [0.717, 1.165) is 24.3 Å². The van der Waals surface area contributed by atoms with Crippen molar-refractivity contribution in [1.82, 2.24) is 5.32 Å². The number of carboxylic acid groups (broad SMARTS) is 2. The first-order chi connectivity index (χ1) is 10.5. The van der Waals surface area contributed by atoms with E-state index in [1.165, 1.54) is 0 Å². The summed E-state index contributed by atoms with van der Waals surface area (Å²) in [7, 11) is 0. The maximum Gasteiger partial charge on any atom is 0.414 e. The summed E-state index contributed by atoms with van der Waals surface area (Å²) < 4.78 is 5.64. The number of carboxylic acids is 2. The lowest BCUT2D eigenvalue weighted by molar-refractivity contribution is -0.159. The Hall–Kier alpha value is -2.38. The van der Waals surface area contributed by atoms with Crippen molar-refractivity contribution in [2.75, 3.05) is 26.3 Å². The zero-order chi connectivity index (χ0) is 16.8. The Morgan fingerprint density at radius 1 is 1.18 bits per heavy atom. The highest BCUT2D eigenvalue weighted by Gasteiger charge is 2.04. The van der Waals surface area contributed by atoms with Gasteiger partial charge in [-0.05, 0) is 18.1 Å². The third-order valence-electron chi connectivity index (χ3n) is 2.34. The number of nitrogens with one attached hydrogen (secondary N) is 1. The third kappa shape index (κ3) is 9.51. The van der Waals surface area contributed by atoms with Crippen LogP contribution in [0.2, 0.25) is 0 Å². The van der Waals surface area contributed by atoms with E-state index in [0.29, 0.717) is 13.2 Å². The van der Waals surface area contributed by atoms with E-state index in [1.54, 1.807) is 0 Å². The fourth-order valence-corrected chi connectivity index (χ4v) is 1.41. The predicted molar refractivity (Wildman–Crippen MR) is 81.1 cm³/mol. The molecule has 0 amide bonds. The molecule has 0 aliphatic carbocycles. The Kier molecular flexibility index (Phi) is 11.0. The molecule has 0 radical (unpaired) electrons. The maximum absolute atomic E-state index is 9.10. The SMILES string of the molecule is C=CCc1ccccc1OCCNCCO.O=C(O)C(=O)O. The largest absolute Gasteiger partial charge is 0.492 e. The smallest absolute Gasteiger partial charge is 0.414 e. The first-order valence-corrected chi connectivity index (χ1v) is 6.62. The second-order valence-electron chi connectivity index (χ2n) is 4.03. The van der Waals surface area contributed by atoms with Crippen molar-refractivity contribution in [3.05, 3.63) is 42.5 Å². The summed E-state index contributed by atoms with van der Waals surface area (Å²) in [5, 5.41) is 26.4. The minimum Gasteiger partial charge on any atom is -0.492 e. The number of rotatable bonds is 8. The summed E-state index contributed by atoms with van der Waals surface area (Å²) in [4.78, 5) is 18.2. The number of carbonyl (C=O) groups is 2. The molecule has 7 heteroatoms. The van der Waals surface area contributed by atoms with Crippen molar-refractivity contribution in [2.24, 2.45) is 0 Å². The molecule has 0 atom stereocenters. The zero-order valence-corrected chi connectivity index (χ0v) is 12.2. The van der Waals surface area contributed by atoms with Gasteiger partial charge >= 0.3 is 11.9 Å². The van der Waals surface area contributed by atoms with E-state index in [-0.39, 0.29) is 6.61 Å². The summed E-state index contributed by atoms with van der Waals surface area (Å²) in [5.41, 5.74) is 1.15. The molecule has 0 bridgehead atoms. The lowest BCUT2D eigenvalue weighted by atomic mass is 10.1. The summed E-state index contributed by atoms with van der Waals surface area (Å²) in [6, 6.07) is 7.96. The molecule has 7 nitrogen and oxygen atoms in total. The molecule has 0 spiro atoms. The molecule has 0 unspecified atom stereocenters. The Labute approximate surface area is 128 Å². The van der Waals surface area contributed by atoms with Crippen molar-refractivity contribution >= 4 is 11.9 Å². The topological polar surface area (TPSA) is 116 Å². The number of allylic oxidation sites excluding steroid dienone is 1. The van der Waals surface area contributed by atoms with Crippen LogP contribution in [0.1, 0.15) is 5.56 Å². The first-order valence-electron chi connectivity index (χ1n) is 6.62. The van der Waals surface area contributed by atoms with Gasteiger partial charge in [-0.15, -0.1) is 6.58 Å². The number of hydrogen-bond donors (Lipinski definition) is 4. The number of benzene rings is 1. The Balaban J connectivity index is 0.000000626. The van der Waals surface area contributed by atoms with Gasteiger partial charge in [-0.2, -0.15) is 0 Å². The van der Waals surface area contributed by atoms with E-state index in [9.17, 15) is 0 Å². The minimum absolute atomic E-state index is 0.160. The molecule has 0 saturated heterocycles. The number of ether oxygens (including phenoxy) is 1. The quantitative estimate of drug-likeness (QED) is 0.314. The van der Waals surface area contributed by atoms with Crippen LogP contribution in [0.15, 0.2) is 36.9 Å². The van der Waals surface area contributed by atoms with Gasteiger partial charge in [-0.25, -0.2) is 9.59 Å². The fraction of sp³-hybridized carbons (Fsp3) is 0.333. The molecule has 0 fully saturated rings. The molecule has 1 aromatic rings. The van der Waals surface area contributed by atoms with Crippen LogP contribution in [0.3, 0.4) is 0 Å². The molecule has 0 saturated carbocycles. The minimum atomic E-state index is -1.82. The molecule has 0 aliphatic heterocycles. The monoisotopic (exact) mass is 311 g/mol. The molecule has 0 heterocycles. The fourth-order valence-electron chi connectivity index (χ4n) is 1.41. The Bertz CT molecular complexity index is 463. The molecule has 0 aromatic heterocycles. The Morgan fingerprint density at radius 3 is 2.36 bits per heavy atom. The Morgan fingerprint density at radius 2 is 1.82 bits per heavy atom. The highest BCUT2D eigenvalue weighted by atomic mass is 16.5. The van der Waals surface area contributed by atoms with Gasteiger partial charge in [-0.1, -0.05) is 24.3 Å². The van der Waals surface area contributed by atoms with Crippen LogP contribution < -0.4 is 10.1 Å². The number of hydrogen-bond acceptors (Lipinski definition) is 5. The third-order valence-corrected chi connectivity index (χ3v) is 2.34. The second kappa shape index (κ2) is 12.4. The molecule has 22 heavy (non-hydrogen) atoms. The van der Waals surface area contributed by atoms with E-state index in [1.807, 2.05) is 30.3 Å². The number of aliphatic carboxylic acids is 2. The van der Waals surface area contributed by atoms with Gasteiger partial charge in [0, 0.05) is 13.1 Å². The average molecular weight is 311 g/mol. The molecule has 4 N–H and O–H groups in total. The number of para-hydroxylation sites is 1. The van der Waals surface area contributed by atoms with Crippen molar-refractivity contribution in [3.63, 3.8) is 0 Å². The predicted octanol–water partition coefficient (Wildman–Crippen LogP) is 0.531. The van der Waals surface area contributed by atoms with Crippen molar-refractivity contribution in [1.29, 1.82) is 0 Å². The van der Waals surface area contributed by atoms with Crippen LogP contribution in [0, 0.1) is 0 Å². The average Bonchev–Trinajstić information content (AvgIpc) is 2.49. The molecule has 122 valence electrons. The van der Waals surface area contributed by atoms with Gasteiger partial charge in [0.15, 0.2) is 0 Å². The summed E-state index contributed by atoms with van der Waals surface area (Å²) in [5.74, 6) is -2.74. The lowest BCUT2D eigenvalue weighted by Gasteiger charge is -2.10. The molecular formula is C15H21NO6. The zero-order valence-electron chi connectivity index (χ0n) is 12.2. The van der Waals surface area contributed by atoms with Crippen LogP contribution in [-0.2, 0) is 16.0 Å². The van der Waals surface area contributed by atoms with Crippen molar-refractivity contribution in [3.8, 4) is 5.75 Å². The van der Waals surface area contributed by atoms with Crippen LogP contribution in [0.5, 0.6) is 5.75 Å². The second-order valence-corrected chi connectivity index (χ2v) is 4.03. The summed E-state index contributed by atoms with van der Waals surface area (Å²) >= 11 is 0. The van der Waals surface area contributed by atoms with Gasteiger partial charge in [0.2, 0.25) is 0 Å². The van der Waals surface area contributed by atoms with Crippen LogP contribution >= 0.6 is 0 Å². The first kappa shape index (κ1) is 19.6. The normalized spacial score (nSPS) is 9.32. The van der Waals surface area contributed by atoms with Crippen molar-refractivity contribution < 1.29 is 29.6 Å². The van der Waals surface area contributed by atoms with Gasteiger partial charge in [-0.3, -0.25) is 0 Å². The van der Waals surface area contributed by atoms with Crippen LogP contribution in [0.25, 0.3) is 0 Å². The van der Waals surface area contributed by atoms with Gasteiger partial charge in [0.25, 0.3) is 0 Å². The van der Waals surface area contributed by atoms with Crippen molar-refractivity contribution in [2.45, 2.75) is 6.42 Å². The van der Waals surface area contributed by atoms with Gasteiger partial charge < -0.3 is 25.4 Å². The highest BCUT2D eigenvalue weighted by molar-refractivity contribution is 6.27. The van der Waals surface area contributed by atoms with Gasteiger partial charge in [0.05, 0.1) is 6.61 Å². The molecule has 1 aromatic carbocycles. The van der Waals surface area contributed by atoms with E-state index in [2.05, 4.69) is 11.9 Å². The molecular weight excluding hydrogens is 290 g/mol. The number of aliphatic hydroxyl groups is 1. The van der Waals surface area contributed by atoms with E-state index in [4.69, 9.17) is 29.6 Å². The van der Waals surface area contributed by atoms with Crippen LogP contribution in [0.4, 0.5) is 0 Å². The highest BCUT2D eigenvalue weighted by Crippen LogP contribution is 2.18. The van der Waals surface area contributed by atoms with E-state index < -0.39 is 11.9 Å². The van der Waals surface area contributed by atoms with E-state index >= 15 is 0 Å². The maximum atomic E-state index is 9.10. The lowest BCUT2D eigenvalue weighted by Crippen LogP contribution is -2.24. The summed E-state index contributed by atoms with van der Waals surface area (Å²) in [6.07, 6.45) is 2.69. The molecule has 0 aliphatic rings. The van der Waals surface area contributed by atoms with Gasteiger partial charge in [0.1, 0.15) is 12.4 Å². The standard InChI is InChI=1S/C13H19NO2.C2H2O4/c1-2-5-12-6-3-4-7-13(12)16-11-9-14-8-10-15;3-1(4)2(5)6/h2-4,6-7,14-15H,1,5,8-11H2;(H,3,4)(H,5,6). The molecule has 1 rings (SSSR count). The number of aliphatic hydroxyl groups excluding tert-OH is 1. The van der Waals surface area contributed by atoms with Crippen LogP contribution in [-0.4, -0.2) is 53.6 Å².